The summed E-state index contributed by atoms with van der Waals surface area (Å²) in [6.07, 6.45) is 2.71. The second kappa shape index (κ2) is 6.10. The molecule has 108 valence electrons. The molecule has 2 aromatic rings. The van der Waals surface area contributed by atoms with Crippen LogP contribution in [0.25, 0.3) is 5.69 Å². The number of carbonyl (C=O) groups excluding carboxylic acids is 1. The highest BCUT2D eigenvalue weighted by atomic mass is 32.1. The van der Waals surface area contributed by atoms with Crippen molar-refractivity contribution >= 4 is 17.2 Å². The molecule has 1 amide bonds. The minimum absolute atomic E-state index is 0.0366. The third-order valence-corrected chi connectivity index (χ3v) is 4.21. The molecule has 0 aliphatic carbocycles. The van der Waals surface area contributed by atoms with E-state index >= 15 is 0 Å². The number of amides is 1. The van der Waals surface area contributed by atoms with Crippen LogP contribution in [0, 0.1) is 0 Å². The van der Waals surface area contributed by atoms with Gasteiger partial charge in [0.2, 0.25) is 0 Å². The number of nitrogens with one attached hydrogen (secondary N) is 1. The highest BCUT2D eigenvalue weighted by Crippen LogP contribution is 2.22. The Labute approximate surface area is 120 Å². The maximum Gasteiger partial charge on any atom is 0.264 e. The number of rotatable bonds is 6. The van der Waals surface area contributed by atoms with Crippen LogP contribution < -0.4 is 5.32 Å². The molecule has 0 fully saturated rings. The van der Waals surface area contributed by atoms with Gasteiger partial charge in [-0.05, 0) is 41.6 Å². The fourth-order valence-electron chi connectivity index (χ4n) is 1.83. The first-order valence-corrected chi connectivity index (χ1v) is 7.22. The van der Waals surface area contributed by atoms with Gasteiger partial charge in [0, 0.05) is 12.1 Å². The normalized spacial score (nSPS) is 13.9. The number of hydrogen-bond donors (Lipinski definition) is 2. The monoisotopic (exact) mass is 295 g/mol. The molecule has 2 rings (SSSR count). The predicted octanol–water partition coefficient (Wildman–Crippen LogP) is 1.00. The molecular formula is C12H17N5O2S. The topological polar surface area (TPSA) is 92.9 Å². The second-order valence-corrected chi connectivity index (χ2v) is 5.65. The van der Waals surface area contributed by atoms with Crippen molar-refractivity contribution in [3.05, 3.63) is 22.7 Å². The van der Waals surface area contributed by atoms with E-state index in [9.17, 15) is 4.79 Å². The summed E-state index contributed by atoms with van der Waals surface area (Å²) in [5, 5.41) is 24.8. The summed E-state index contributed by atoms with van der Waals surface area (Å²) in [5.74, 6) is -0.177. The van der Waals surface area contributed by atoms with Crippen molar-refractivity contribution in [1.82, 2.24) is 25.5 Å². The Hall–Kier alpha value is -1.80. The molecule has 0 aliphatic rings. The minimum Gasteiger partial charge on any atom is -0.396 e. The SMILES string of the molecule is CCC(C)(CCO)NC(=O)c1sccc1-n1cnnn1. The van der Waals surface area contributed by atoms with Gasteiger partial charge >= 0.3 is 0 Å². The largest absolute Gasteiger partial charge is 0.396 e. The molecule has 0 radical (unpaired) electrons. The minimum atomic E-state index is -0.423. The molecule has 0 saturated heterocycles. The van der Waals surface area contributed by atoms with Crippen LogP contribution in [0.1, 0.15) is 36.4 Å². The lowest BCUT2D eigenvalue weighted by Gasteiger charge is -2.28. The van der Waals surface area contributed by atoms with Gasteiger partial charge in [-0.2, -0.15) is 4.68 Å². The Bertz CT molecular complexity index is 568. The number of aliphatic hydroxyl groups is 1. The van der Waals surface area contributed by atoms with Crippen molar-refractivity contribution in [1.29, 1.82) is 0 Å². The summed E-state index contributed by atoms with van der Waals surface area (Å²) in [7, 11) is 0. The number of aromatic nitrogens is 4. The molecular weight excluding hydrogens is 278 g/mol. The van der Waals surface area contributed by atoms with Crippen molar-refractivity contribution in [3.8, 4) is 5.69 Å². The second-order valence-electron chi connectivity index (χ2n) is 4.73. The molecule has 0 aliphatic heterocycles. The van der Waals surface area contributed by atoms with E-state index in [0.717, 1.165) is 6.42 Å². The maximum atomic E-state index is 12.4. The Kier molecular flexibility index (Phi) is 4.46. The predicted molar refractivity (Wildman–Crippen MR) is 74.9 cm³/mol. The zero-order chi connectivity index (χ0) is 14.6. The Morgan fingerprint density at radius 3 is 3.00 bits per heavy atom. The molecule has 0 saturated carbocycles. The summed E-state index contributed by atoms with van der Waals surface area (Å²) in [6, 6.07) is 1.80. The van der Waals surface area contributed by atoms with Gasteiger partial charge in [0.1, 0.15) is 11.2 Å². The highest BCUT2D eigenvalue weighted by molar-refractivity contribution is 7.12. The number of tetrazole rings is 1. The van der Waals surface area contributed by atoms with Gasteiger partial charge in [-0.25, -0.2) is 0 Å². The molecule has 2 heterocycles. The van der Waals surface area contributed by atoms with E-state index in [-0.39, 0.29) is 12.5 Å². The van der Waals surface area contributed by atoms with Crippen molar-refractivity contribution < 1.29 is 9.90 Å². The first-order valence-electron chi connectivity index (χ1n) is 6.34. The van der Waals surface area contributed by atoms with Crippen molar-refractivity contribution in [2.75, 3.05) is 6.61 Å². The highest BCUT2D eigenvalue weighted by Gasteiger charge is 2.26. The van der Waals surface area contributed by atoms with Crippen LogP contribution in [0.2, 0.25) is 0 Å². The van der Waals surface area contributed by atoms with Crippen LogP contribution in [0.4, 0.5) is 0 Å². The average molecular weight is 295 g/mol. The molecule has 0 spiro atoms. The molecule has 2 aromatic heterocycles. The third-order valence-electron chi connectivity index (χ3n) is 3.31. The summed E-state index contributed by atoms with van der Waals surface area (Å²) >= 11 is 1.33. The van der Waals surface area contributed by atoms with Crippen LogP contribution in [-0.4, -0.2) is 43.4 Å². The third kappa shape index (κ3) is 3.02. The van der Waals surface area contributed by atoms with E-state index < -0.39 is 5.54 Å². The lowest BCUT2D eigenvalue weighted by atomic mass is 9.95. The molecule has 8 heteroatoms. The zero-order valence-electron chi connectivity index (χ0n) is 11.4. The van der Waals surface area contributed by atoms with Crippen LogP contribution >= 0.6 is 11.3 Å². The lowest BCUT2D eigenvalue weighted by Crippen LogP contribution is -2.46. The summed E-state index contributed by atoms with van der Waals surface area (Å²) in [5.41, 5.74) is 0.230. The zero-order valence-corrected chi connectivity index (χ0v) is 12.2. The van der Waals surface area contributed by atoms with Crippen molar-refractivity contribution in [3.63, 3.8) is 0 Å². The maximum absolute atomic E-state index is 12.4. The van der Waals surface area contributed by atoms with E-state index in [0.29, 0.717) is 17.0 Å². The van der Waals surface area contributed by atoms with Crippen LogP contribution in [-0.2, 0) is 0 Å². The molecule has 1 atom stereocenters. The Balaban J connectivity index is 2.20. The first kappa shape index (κ1) is 14.6. The molecule has 7 nitrogen and oxygen atoms in total. The van der Waals surface area contributed by atoms with E-state index in [1.807, 2.05) is 19.2 Å². The smallest absolute Gasteiger partial charge is 0.264 e. The van der Waals surface area contributed by atoms with E-state index in [1.165, 1.54) is 22.3 Å². The number of nitrogens with zero attached hydrogens (tertiary/aromatic N) is 4. The summed E-state index contributed by atoms with van der Waals surface area (Å²) < 4.78 is 1.46. The number of thiophene rings is 1. The van der Waals surface area contributed by atoms with E-state index in [2.05, 4.69) is 20.8 Å². The molecule has 2 N–H and O–H groups in total. The van der Waals surface area contributed by atoms with Gasteiger partial charge in [0.15, 0.2) is 0 Å². The standard InChI is InChI=1S/C12H17N5O2S/c1-3-12(2,5-6-18)14-11(19)10-9(4-7-20-10)17-8-13-15-16-17/h4,7-8,18H,3,5-6H2,1-2H3,(H,14,19). The summed E-state index contributed by atoms with van der Waals surface area (Å²) in [4.78, 5) is 13.0. The quantitative estimate of drug-likeness (QED) is 0.829. The van der Waals surface area contributed by atoms with Crippen LogP contribution in [0.5, 0.6) is 0 Å². The van der Waals surface area contributed by atoms with Gasteiger partial charge in [-0.3, -0.25) is 4.79 Å². The number of hydrogen-bond acceptors (Lipinski definition) is 6. The number of aliphatic hydroxyl groups excluding tert-OH is 1. The van der Waals surface area contributed by atoms with Gasteiger partial charge in [0.25, 0.3) is 5.91 Å². The van der Waals surface area contributed by atoms with E-state index in [1.54, 1.807) is 6.07 Å². The lowest BCUT2D eigenvalue weighted by molar-refractivity contribution is 0.0890. The first-order chi connectivity index (χ1) is 9.59. The summed E-state index contributed by atoms with van der Waals surface area (Å²) in [6.45, 7) is 3.94. The van der Waals surface area contributed by atoms with E-state index in [4.69, 9.17) is 5.11 Å². The molecule has 0 bridgehead atoms. The van der Waals surface area contributed by atoms with Crippen molar-refractivity contribution in [2.45, 2.75) is 32.2 Å². The van der Waals surface area contributed by atoms with Gasteiger partial charge < -0.3 is 10.4 Å². The van der Waals surface area contributed by atoms with Crippen LogP contribution in [0.15, 0.2) is 17.8 Å². The Morgan fingerprint density at radius 1 is 1.60 bits per heavy atom. The van der Waals surface area contributed by atoms with Gasteiger partial charge in [-0.15, -0.1) is 16.4 Å². The number of carbonyl (C=O) groups is 1. The Morgan fingerprint density at radius 2 is 2.40 bits per heavy atom. The van der Waals surface area contributed by atoms with Crippen molar-refractivity contribution in [2.24, 2.45) is 0 Å². The fourth-order valence-corrected chi connectivity index (χ4v) is 2.60. The van der Waals surface area contributed by atoms with Crippen LogP contribution in [0.3, 0.4) is 0 Å². The molecule has 1 unspecified atom stereocenters. The van der Waals surface area contributed by atoms with Gasteiger partial charge in [0.05, 0.1) is 5.69 Å². The van der Waals surface area contributed by atoms with Gasteiger partial charge in [-0.1, -0.05) is 6.92 Å². The average Bonchev–Trinajstić information content (AvgIpc) is 3.09. The molecule has 0 aromatic carbocycles. The fraction of sp³-hybridized carbons (Fsp3) is 0.500. The molecule has 20 heavy (non-hydrogen) atoms.